The van der Waals surface area contributed by atoms with Crippen molar-refractivity contribution < 1.29 is 13.2 Å². The maximum absolute atomic E-state index is 12.1. The Kier molecular flexibility index (Phi) is 5.24. The molecular weight excluding hydrogens is 342 g/mol. The summed E-state index contributed by atoms with van der Waals surface area (Å²) in [6, 6.07) is 0. The zero-order chi connectivity index (χ0) is 18.0. The molecule has 1 aromatic heterocycles. The van der Waals surface area contributed by atoms with Crippen LogP contribution in [0.3, 0.4) is 0 Å². The number of piperidine rings is 2. The van der Waals surface area contributed by atoms with Crippen LogP contribution in [-0.2, 0) is 14.6 Å². The van der Waals surface area contributed by atoms with E-state index in [1.807, 2.05) is 4.90 Å². The number of primary amides is 1. The summed E-state index contributed by atoms with van der Waals surface area (Å²) in [7, 11) is -3.38. The molecule has 3 heterocycles. The maximum Gasteiger partial charge on any atom is 0.225 e. The minimum absolute atomic E-state index is 0.0726. The number of nitrogens with zero attached hydrogens (tertiary/aromatic N) is 3. The lowest BCUT2D eigenvalue weighted by molar-refractivity contribution is -0.122. The first-order chi connectivity index (χ1) is 11.9. The minimum Gasteiger partial charge on any atom is -0.369 e. The third kappa shape index (κ3) is 4.09. The predicted octanol–water partition coefficient (Wildman–Crippen LogP) is 0.0488. The number of anilines is 1. The van der Waals surface area contributed by atoms with E-state index in [1.165, 1.54) is 12.5 Å². The van der Waals surface area contributed by atoms with E-state index in [2.05, 4.69) is 15.3 Å². The summed E-state index contributed by atoms with van der Waals surface area (Å²) in [5.74, 6) is 0.245. The first kappa shape index (κ1) is 18.1. The van der Waals surface area contributed by atoms with Gasteiger partial charge in [0.2, 0.25) is 11.9 Å². The second-order valence-corrected chi connectivity index (χ2v) is 8.88. The van der Waals surface area contributed by atoms with Crippen LogP contribution in [0.15, 0.2) is 11.1 Å². The molecular formula is C16H25N5O3S. The van der Waals surface area contributed by atoms with Crippen LogP contribution >= 0.6 is 0 Å². The zero-order valence-electron chi connectivity index (χ0n) is 14.4. The fraction of sp³-hybridized carbons (Fsp3) is 0.688. The van der Waals surface area contributed by atoms with E-state index in [0.717, 1.165) is 25.9 Å². The maximum atomic E-state index is 12.1. The fourth-order valence-corrected chi connectivity index (χ4v) is 4.39. The van der Waals surface area contributed by atoms with E-state index in [-0.39, 0.29) is 22.6 Å². The van der Waals surface area contributed by atoms with Gasteiger partial charge in [-0.3, -0.25) is 4.79 Å². The Morgan fingerprint density at radius 2 is 2.04 bits per heavy atom. The number of hydrogen-bond acceptors (Lipinski definition) is 7. The molecule has 2 aliphatic heterocycles. The number of hydrogen-bond donors (Lipinski definition) is 2. The van der Waals surface area contributed by atoms with Crippen LogP contribution in [0.1, 0.15) is 37.3 Å². The lowest BCUT2D eigenvalue weighted by atomic mass is 9.95. The topological polar surface area (TPSA) is 118 Å². The minimum atomic E-state index is -3.38. The summed E-state index contributed by atoms with van der Waals surface area (Å²) >= 11 is 0. The SMILES string of the molecule is CS(=O)(=O)c1cnc(N2CCC(C(N)=O)CC2)nc1C1CCCNC1. The molecule has 1 aromatic rings. The van der Waals surface area contributed by atoms with Crippen molar-refractivity contribution in [2.75, 3.05) is 37.3 Å². The molecule has 1 amide bonds. The van der Waals surface area contributed by atoms with Crippen LogP contribution in [0.4, 0.5) is 5.95 Å². The number of nitrogens with two attached hydrogens (primary N) is 1. The van der Waals surface area contributed by atoms with Gasteiger partial charge in [0.1, 0.15) is 4.90 Å². The summed E-state index contributed by atoms with van der Waals surface area (Å²) in [4.78, 5) is 22.5. The van der Waals surface area contributed by atoms with Gasteiger partial charge >= 0.3 is 0 Å². The van der Waals surface area contributed by atoms with Gasteiger partial charge in [-0.15, -0.1) is 0 Å². The van der Waals surface area contributed by atoms with Gasteiger partial charge < -0.3 is 16.0 Å². The van der Waals surface area contributed by atoms with E-state index in [0.29, 0.717) is 37.6 Å². The van der Waals surface area contributed by atoms with E-state index >= 15 is 0 Å². The van der Waals surface area contributed by atoms with Crippen LogP contribution in [-0.4, -0.2) is 56.7 Å². The summed E-state index contributed by atoms with van der Waals surface area (Å²) < 4.78 is 24.3. The molecule has 138 valence electrons. The van der Waals surface area contributed by atoms with Crippen LogP contribution in [0.2, 0.25) is 0 Å². The summed E-state index contributed by atoms with van der Waals surface area (Å²) in [5, 5.41) is 3.31. The number of carbonyl (C=O) groups excluding carboxylic acids is 1. The Morgan fingerprint density at radius 1 is 1.32 bits per heavy atom. The number of carbonyl (C=O) groups is 1. The fourth-order valence-electron chi connectivity index (χ4n) is 3.55. The van der Waals surface area contributed by atoms with Crippen molar-refractivity contribution in [3.05, 3.63) is 11.9 Å². The van der Waals surface area contributed by atoms with Crippen LogP contribution in [0.25, 0.3) is 0 Å². The molecule has 3 N–H and O–H groups in total. The molecule has 0 aliphatic carbocycles. The molecule has 0 bridgehead atoms. The molecule has 0 saturated carbocycles. The van der Waals surface area contributed by atoms with Crippen molar-refractivity contribution in [1.29, 1.82) is 0 Å². The largest absolute Gasteiger partial charge is 0.369 e. The van der Waals surface area contributed by atoms with E-state index < -0.39 is 9.84 Å². The molecule has 25 heavy (non-hydrogen) atoms. The van der Waals surface area contributed by atoms with E-state index in [9.17, 15) is 13.2 Å². The van der Waals surface area contributed by atoms with Gasteiger partial charge in [0.05, 0.1) is 11.9 Å². The molecule has 2 aliphatic rings. The zero-order valence-corrected chi connectivity index (χ0v) is 15.3. The Hall–Kier alpha value is -1.74. The van der Waals surface area contributed by atoms with Crippen molar-refractivity contribution in [3.8, 4) is 0 Å². The van der Waals surface area contributed by atoms with Gasteiger partial charge in [-0.2, -0.15) is 0 Å². The lowest BCUT2D eigenvalue weighted by Gasteiger charge is -2.31. The Morgan fingerprint density at radius 3 is 2.60 bits per heavy atom. The third-order valence-electron chi connectivity index (χ3n) is 5.03. The third-order valence-corrected chi connectivity index (χ3v) is 6.15. The average molecular weight is 367 g/mol. The monoisotopic (exact) mass is 367 g/mol. The lowest BCUT2D eigenvalue weighted by Crippen LogP contribution is -2.39. The summed E-state index contributed by atoms with van der Waals surface area (Å²) in [5.41, 5.74) is 5.99. The normalized spacial score (nSPS) is 22.8. The molecule has 0 spiro atoms. The van der Waals surface area contributed by atoms with Crippen molar-refractivity contribution in [1.82, 2.24) is 15.3 Å². The highest BCUT2D eigenvalue weighted by atomic mass is 32.2. The second kappa shape index (κ2) is 7.25. The highest BCUT2D eigenvalue weighted by Gasteiger charge is 2.28. The molecule has 2 saturated heterocycles. The van der Waals surface area contributed by atoms with Gasteiger partial charge in [-0.05, 0) is 32.2 Å². The van der Waals surface area contributed by atoms with Gasteiger partial charge in [-0.25, -0.2) is 18.4 Å². The first-order valence-corrected chi connectivity index (χ1v) is 10.6. The van der Waals surface area contributed by atoms with Gasteiger partial charge in [0.15, 0.2) is 9.84 Å². The number of rotatable bonds is 4. The van der Waals surface area contributed by atoms with Crippen LogP contribution < -0.4 is 16.0 Å². The Bertz CT molecular complexity index is 738. The van der Waals surface area contributed by atoms with Crippen molar-refractivity contribution in [3.63, 3.8) is 0 Å². The highest BCUT2D eigenvalue weighted by Crippen LogP contribution is 2.29. The van der Waals surface area contributed by atoms with E-state index in [1.54, 1.807) is 0 Å². The van der Waals surface area contributed by atoms with Crippen LogP contribution in [0, 0.1) is 5.92 Å². The van der Waals surface area contributed by atoms with Crippen LogP contribution in [0.5, 0.6) is 0 Å². The number of amides is 1. The molecule has 2 fully saturated rings. The highest BCUT2D eigenvalue weighted by molar-refractivity contribution is 7.90. The molecule has 0 radical (unpaired) electrons. The van der Waals surface area contributed by atoms with Gasteiger partial charge in [0, 0.05) is 37.7 Å². The summed E-state index contributed by atoms with van der Waals surface area (Å²) in [6.45, 7) is 2.97. The number of aromatic nitrogens is 2. The van der Waals surface area contributed by atoms with Crippen molar-refractivity contribution in [2.45, 2.75) is 36.5 Å². The quantitative estimate of drug-likeness (QED) is 0.772. The molecule has 1 atom stereocenters. The van der Waals surface area contributed by atoms with Crippen molar-refractivity contribution in [2.24, 2.45) is 11.7 Å². The standard InChI is InChI=1S/C16H25N5O3S/c1-25(23,24)13-10-19-16(20-14(13)12-3-2-6-18-9-12)21-7-4-11(5-8-21)15(17)22/h10-12,18H,2-9H2,1H3,(H2,17,22). The molecule has 8 nitrogen and oxygen atoms in total. The second-order valence-electron chi connectivity index (χ2n) is 6.90. The molecule has 1 unspecified atom stereocenters. The van der Waals surface area contributed by atoms with Crippen molar-refractivity contribution >= 4 is 21.7 Å². The summed E-state index contributed by atoms with van der Waals surface area (Å²) in [6.07, 6.45) is 5.89. The number of sulfone groups is 1. The molecule has 3 rings (SSSR count). The smallest absolute Gasteiger partial charge is 0.225 e. The first-order valence-electron chi connectivity index (χ1n) is 8.68. The van der Waals surface area contributed by atoms with Gasteiger partial charge in [0.25, 0.3) is 0 Å². The predicted molar refractivity (Wildman–Crippen MR) is 94.1 cm³/mol. The van der Waals surface area contributed by atoms with E-state index in [4.69, 9.17) is 5.73 Å². The average Bonchev–Trinajstić information content (AvgIpc) is 2.61. The molecule has 9 heteroatoms. The van der Waals surface area contributed by atoms with Gasteiger partial charge in [-0.1, -0.05) is 0 Å². The molecule has 0 aromatic carbocycles. The number of nitrogens with one attached hydrogen (secondary N) is 1. The Balaban J connectivity index is 1.88. The Labute approximate surface area is 148 Å².